The Hall–Kier alpha value is -2.55. The first-order valence-electron chi connectivity index (χ1n) is 14.7. The number of carbonyl (C=O) groups excluding carboxylic acids is 1. The second-order valence-corrected chi connectivity index (χ2v) is 12.5. The average Bonchev–Trinajstić information content (AvgIpc) is 3.01. The quantitative estimate of drug-likeness (QED) is 0.262. The maximum atomic E-state index is 13.3. The molecule has 0 saturated carbocycles. The Morgan fingerprint density at radius 2 is 1.61 bits per heavy atom. The van der Waals surface area contributed by atoms with Crippen molar-refractivity contribution in [3.8, 4) is 11.1 Å². The fraction of sp³-hybridized carbons (Fsp3) is 0.424. The average molecular weight is 592 g/mol. The van der Waals surface area contributed by atoms with Gasteiger partial charge in [-0.3, -0.25) is 9.69 Å². The third-order valence-corrected chi connectivity index (χ3v) is 9.78. The van der Waals surface area contributed by atoms with Crippen LogP contribution in [0.5, 0.6) is 0 Å². The molecule has 5 rings (SSSR count). The zero-order valence-corrected chi connectivity index (χ0v) is 25.5. The third-order valence-electron chi connectivity index (χ3n) is 8.71. The molecule has 0 aliphatic carbocycles. The van der Waals surface area contributed by atoms with Gasteiger partial charge in [0.1, 0.15) is 0 Å². The number of nitrogen functional groups attached to an aromatic ring is 1. The highest BCUT2D eigenvalue weighted by Gasteiger charge is 2.32. The lowest BCUT2D eigenvalue weighted by Gasteiger charge is -2.39. The summed E-state index contributed by atoms with van der Waals surface area (Å²) in [6.07, 6.45) is 4.92. The zero-order chi connectivity index (χ0) is 28.8. The minimum absolute atomic E-state index is 0.122. The van der Waals surface area contributed by atoms with Crippen molar-refractivity contribution in [3.05, 3.63) is 82.9 Å². The Bertz CT molecular complexity index is 1320. The summed E-state index contributed by atoms with van der Waals surface area (Å²) in [5, 5.41) is 0.743. The van der Waals surface area contributed by atoms with E-state index in [9.17, 15) is 4.79 Å². The third kappa shape index (κ3) is 7.46. The van der Waals surface area contributed by atoms with E-state index in [0.29, 0.717) is 0 Å². The summed E-state index contributed by atoms with van der Waals surface area (Å²) >= 11 is 8.16. The molecule has 2 aliphatic rings. The van der Waals surface area contributed by atoms with Gasteiger partial charge in [0, 0.05) is 60.4 Å². The van der Waals surface area contributed by atoms with Gasteiger partial charge in [-0.2, -0.15) is 0 Å². The second-order valence-electron chi connectivity index (χ2n) is 11.3. The second kappa shape index (κ2) is 14.1. The molecule has 3 aromatic rings. The maximum Gasteiger partial charge on any atom is 0.239 e. The molecule has 0 spiro atoms. The van der Waals surface area contributed by atoms with Crippen molar-refractivity contribution in [2.75, 3.05) is 57.8 Å². The summed E-state index contributed by atoms with van der Waals surface area (Å²) in [6, 6.07) is 22.2. The van der Waals surface area contributed by atoms with E-state index < -0.39 is 6.04 Å². The Balaban J connectivity index is 1.09. The molecule has 3 aromatic carbocycles. The van der Waals surface area contributed by atoms with Crippen LogP contribution < -0.4 is 11.5 Å². The summed E-state index contributed by atoms with van der Waals surface area (Å²) in [5.41, 5.74) is 18.4. The molecule has 0 radical (unpaired) electrons. The summed E-state index contributed by atoms with van der Waals surface area (Å²) < 4.78 is 0. The molecule has 218 valence electrons. The fourth-order valence-corrected chi connectivity index (χ4v) is 7.01. The van der Waals surface area contributed by atoms with Crippen LogP contribution in [0.4, 0.5) is 5.69 Å². The van der Waals surface area contributed by atoms with Crippen LogP contribution in [0.3, 0.4) is 0 Å². The first kappa shape index (κ1) is 29.9. The van der Waals surface area contributed by atoms with Crippen LogP contribution in [-0.4, -0.2) is 78.7 Å². The number of carbonyl (C=O) groups is 1. The van der Waals surface area contributed by atoms with E-state index in [4.69, 9.17) is 23.1 Å². The van der Waals surface area contributed by atoms with Crippen LogP contribution in [0.1, 0.15) is 24.0 Å². The van der Waals surface area contributed by atoms with E-state index in [1.54, 1.807) is 11.8 Å². The number of hydrogen-bond acceptors (Lipinski definition) is 6. The van der Waals surface area contributed by atoms with E-state index in [1.165, 1.54) is 16.0 Å². The van der Waals surface area contributed by atoms with Gasteiger partial charge in [-0.25, -0.2) is 0 Å². The van der Waals surface area contributed by atoms with Crippen LogP contribution in [0, 0.1) is 5.92 Å². The van der Waals surface area contributed by atoms with Crippen molar-refractivity contribution >= 4 is 35.0 Å². The topological polar surface area (TPSA) is 78.8 Å². The summed E-state index contributed by atoms with van der Waals surface area (Å²) in [4.78, 5) is 21.6. The Kier molecular flexibility index (Phi) is 10.3. The van der Waals surface area contributed by atoms with Gasteiger partial charge in [-0.15, -0.1) is 11.8 Å². The molecule has 0 bridgehead atoms. The highest BCUT2D eigenvalue weighted by atomic mass is 35.5. The van der Waals surface area contributed by atoms with Gasteiger partial charge in [0.15, 0.2) is 0 Å². The summed E-state index contributed by atoms with van der Waals surface area (Å²) in [7, 11) is 0. The number of rotatable bonds is 9. The molecule has 4 N–H and O–H groups in total. The van der Waals surface area contributed by atoms with E-state index in [1.807, 2.05) is 29.2 Å². The Morgan fingerprint density at radius 1 is 0.902 bits per heavy atom. The number of thioether (sulfide) groups is 1. The van der Waals surface area contributed by atoms with Crippen LogP contribution in [0.2, 0.25) is 5.02 Å². The molecule has 2 aliphatic heterocycles. The van der Waals surface area contributed by atoms with Crippen LogP contribution >= 0.6 is 23.4 Å². The van der Waals surface area contributed by atoms with Gasteiger partial charge in [0.2, 0.25) is 5.91 Å². The molecule has 1 amide bonds. The van der Waals surface area contributed by atoms with Crippen LogP contribution in [0.15, 0.2) is 71.6 Å². The highest BCUT2D eigenvalue weighted by Crippen LogP contribution is 2.31. The predicted octanol–water partition coefficient (Wildman–Crippen LogP) is 5.24. The number of nitrogens with two attached hydrogens (primary N) is 2. The molecule has 2 saturated heterocycles. The number of piperidine rings is 1. The number of piperazine rings is 1. The smallest absolute Gasteiger partial charge is 0.239 e. The maximum absolute atomic E-state index is 13.3. The number of likely N-dealkylation sites (tertiary alicyclic amines) is 1. The number of nitrogens with zero attached hydrogens (tertiary/aromatic N) is 3. The van der Waals surface area contributed by atoms with Crippen molar-refractivity contribution in [3.63, 3.8) is 0 Å². The minimum Gasteiger partial charge on any atom is -0.398 e. The molecule has 2 heterocycles. The number of anilines is 1. The Morgan fingerprint density at radius 3 is 2.34 bits per heavy atom. The molecular formula is C33H42ClN5OS. The van der Waals surface area contributed by atoms with Gasteiger partial charge < -0.3 is 21.3 Å². The van der Waals surface area contributed by atoms with Crippen molar-refractivity contribution in [2.24, 2.45) is 11.7 Å². The largest absolute Gasteiger partial charge is 0.398 e. The van der Waals surface area contributed by atoms with Crippen molar-refractivity contribution in [2.45, 2.75) is 36.7 Å². The highest BCUT2D eigenvalue weighted by molar-refractivity contribution is 7.98. The first-order chi connectivity index (χ1) is 19.9. The standard InChI is InChI=1S/C33H42ClN5OS/c1-41-31-9-5-2-6-26(31)23-38-18-20-39(21-19-38)33(40)32(36)24-12-15-37(16-13-24)17-14-25-22-27(34)10-11-28(25)29-7-3-4-8-30(29)35/h2-11,22,24,32H,12-21,23,35-36H2,1H3/t32-/m1/s1. The SMILES string of the molecule is CSc1ccccc1CN1CCN(C(=O)[C@H](N)C2CCN(CCc3cc(Cl)ccc3-c3ccccc3N)CC2)CC1. The van der Waals surface area contributed by atoms with Crippen molar-refractivity contribution in [1.82, 2.24) is 14.7 Å². The molecule has 0 unspecified atom stereocenters. The number of halogens is 1. The minimum atomic E-state index is -0.415. The van der Waals surface area contributed by atoms with Gasteiger partial charge in [0.05, 0.1) is 6.04 Å². The monoisotopic (exact) mass is 591 g/mol. The number of benzene rings is 3. The molecule has 6 nitrogen and oxygen atoms in total. The molecule has 8 heteroatoms. The van der Waals surface area contributed by atoms with Gasteiger partial charge in [0.25, 0.3) is 0 Å². The Labute approximate surface area is 254 Å². The molecule has 0 aromatic heterocycles. The molecular weight excluding hydrogens is 550 g/mol. The molecule has 41 heavy (non-hydrogen) atoms. The molecule has 2 fully saturated rings. The van der Waals surface area contributed by atoms with Crippen molar-refractivity contribution in [1.29, 1.82) is 0 Å². The lowest BCUT2D eigenvalue weighted by Crippen LogP contribution is -2.55. The van der Waals surface area contributed by atoms with Gasteiger partial charge >= 0.3 is 0 Å². The molecule has 1 atom stereocenters. The fourth-order valence-electron chi connectivity index (χ4n) is 6.20. The van der Waals surface area contributed by atoms with Gasteiger partial charge in [-0.1, -0.05) is 54.1 Å². The van der Waals surface area contributed by atoms with E-state index in [0.717, 1.165) is 93.5 Å². The van der Waals surface area contributed by atoms with E-state index in [-0.39, 0.29) is 11.8 Å². The summed E-state index contributed by atoms with van der Waals surface area (Å²) in [6.45, 7) is 7.06. The zero-order valence-electron chi connectivity index (χ0n) is 24.0. The van der Waals surface area contributed by atoms with Gasteiger partial charge in [-0.05, 0) is 85.5 Å². The lowest BCUT2D eigenvalue weighted by molar-refractivity contribution is -0.136. The van der Waals surface area contributed by atoms with E-state index >= 15 is 0 Å². The lowest BCUT2D eigenvalue weighted by atomic mass is 9.88. The summed E-state index contributed by atoms with van der Waals surface area (Å²) in [5.74, 6) is 0.354. The van der Waals surface area contributed by atoms with Crippen LogP contribution in [-0.2, 0) is 17.8 Å². The van der Waals surface area contributed by atoms with E-state index in [2.05, 4.69) is 58.5 Å². The number of hydrogen-bond donors (Lipinski definition) is 2. The number of amides is 1. The first-order valence-corrected chi connectivity index (χ1v) is 16.3. The predicted molar refractivity (Wildman–Crippen MR) is 172 cm³/mol. The number of para-hydroxylation sites is 1. The van der Waals surface area contributed by atoms with Crippen LogP contribution in [0.25, 0.3) is 11.1 Å². The van der Waals surface area contributed by atoms with Crippen molar-refractivity contribution < 1.29 is 4.79 Å². The normalized spacial score (nSPS) is 18.0.